The van der Waals surface area contributed by atoms with Crippen LogP contribution in [-0.2, 0) is 6.42 Å². The lowest BCUT2D eigenvalue weighted by atomic mass is 9.87. The van der Waals surface area contributed by atoms with Crippen LogP contribution in [0.2, 0.25) is 0 Å². The van der Waals surface area contributed by atoms with E-state index in [0.717, 1.165) is 37.3 Å². The number of aliphatic hydroxyl groups is 1. The molecule has 0 aromatic carbocycles. The first-order chi connectivity index (χ1) is 7.20. The lowest BCUT2D eigenvalue weighted by molar-refractivity contribution is 0.00978. The average molecular weight is 207 g/mol. The number of rotatable bonds is 2. The fourth-order valence-electron chi connectivity index (χ4n) is 1.99. The Morgan fingerprint density at radius 1 is 1.33 bits per heavy atom. The largest absolute Gasteiger partial charge is 0.389 e. The van der Waals surface area contributed by atoms with E-state index in [0.29, 0.717) is 6.42 Å². The monoisotopic (exact) mass is 207 g/mol. The molecule has 0 bridgehead atoms. The number of hydrogen-bond acceptors (Lipinski definition) is 4. The number of aromatic nitrogens is 2. The van der Waals surface area contributed by atoms with Crippen LogP contribution >= 0.6 is 0 Å². The van der Waals surface area contributed by atoms with E-state index in [1.54, 1.807) is 12.4 Å². The fraction of sp³-hybridized carbons (Fsp3) is 0.636. The van der Waals surface area contributed by atoms with Gasteiger partial charge in [-0.05, 0) is 32.9 Å². The van der Waals surface area contributed by atoms with Gasteiger partial charge in [0.15, 0.2) is 0 Å². The third-order valence-corrected chi connectivity index (χ3v) is 3.01. The van der Waals surface area contributed by atoms with Gasteiger partial charge in [-0.1, -0.05) is 0 Å². The molecule has 82 valence electrons. The molecule has 0 spiro atoms. The molecule has 1 aromatic rings. The van der Waals surface area contributed by atoms with E-state index in [2.05, 4.69) is 15.3 Å². The van der Waals surface area contributed by atoms with Crippen LogP contribution in [-0.4, -0.2) is 33.8 Å². The number of hydrogen-bond donors (Lipinski definition) is 2. The van der Waals surface area contributed by atoms with E-state index < -0.39 is 5.60 Å². The topological polar surface area (TPSA) is 58.0 Å². The van der Waals surface area contributed by atoms with Gasteiger partial charge in [-0.25, -0.2) is 0 Å². The maximum absolute atomic E-state index is 10.3. The molecule has 1 fully saturated rings. The molecule has 2 N–H and O–H groups in total. The highest BCUT2D eigenvalue weighted by molar-refractivity contribution is 5.12. The van der Waals surface area contributed by atoms with Gasteiger partial charge in [-0.15, -0.1) is 0 Å². The number of nitrogens with one attached hydrogen (secondary N) is 1. The number of aryl methyl sites for hydroxylation is 1. The van der Waals surface area contributed by atoms with Crippen molar-refractivity contribution in [1.82, 2.24) is 15.3 Å². The summed E-state index contributed by atoms with van der Waals surface area (Å²) in [5, 5.41) is 13.6. The highest BCUT2D eigenvalue weighted by atomic mass is 16.3. The van der Waals surface area contributed by atoms with Gasteiger partial charge >= 0.3 is 0 Å². The molecule has 1 aliphatic rings. The van der Waals surface area contributed by atoms with Crippen molar-refractivity contribution < 1.29 is 5.11 Å². The summed E-state index contributed by atoms with van der Waals surface area (Å²) in [5.74, 6) is 0. The molecule has 1 aromatic heterocycles. The predicted octanol–water partition coefficient (Wildman–Crippen LogP) is 0.442. The fourth-order valence-corrected chi connectivity index (χ4v) is 1.99. The second kappa shape index (κ2) is 4.24. The van der Waals surface area contributed by atoms with Gasteiger partial charge < -0.3 is 10.4 Å². The molecule has 2 heterocycles. The molecule has 0 saturated carbocycles. The van der Waals surface area contributed by atoms with Crippen molar-refractivity contribution in [3.63, 3.8) is 0 Å². The van der Waals surface area contributed by atoms with Crippen LogP contribution in [0.15, 0.2) is 12.4 Å². The number of nitrogens with zero attached hydrogens (tertiary/aromatic N) is 2. The summed E-state index contributed by atoms with van der Waals surface area (Å²) < 4.78 is 0. The van der Waals surface area contributed by atoms with Gasteiger partial charge in [-0.2, -0.15) is 0 Å². The van der Waals surface area contributed by atoms with Gasteiger partial charge in [0.05, 0.1) is 17.0 Å². The first-order valence-corrected chi connectivity index (χ1v) is 5.39. The molecule has 0 aliphatic carbocycles. The Labute approximate surface area is 89.8 Å². The predicted molar refractivity (Wildman–Crippen MR) is 57.5 cm³/mol. The summed E-state index contributed by atoms with van der Waals surface area (Å²) in [5.41, 5.74) is 1.25. The highest BCUT2D eigenvalue weighted by Crippen LogP contribution is 2.22. The molecule has 1 aliphatic heterocycles. The molecule has 0 unspecified atom stereocenters. The minimum absolute atomic E-state index is 0.591. The SMILES string of the molecule is Cc1nccnc1CC1(O)CCNCC1. The normalized spacial score (nSPS) is 20.1. The van der Waals surface area contributed by atoms with Crippen LogP contribution in [0.3, 0.4) is 0 Å². The van der Waals surface area contributed by atoms with Gasteiger partial charge in [-0.3, -0.25) is 9.97 Å². The average Bonchev–Trinajstić information content (AvgIpc) is 2.22. The zero-order valence-corrected chi connectivity index (χ0v) is 9.03. The van der Waals surface area contributed by atoms with E-state index >= 15 is 0 Å². The van der Waals surface area contributed by atoms with Crippen LogP contribution in [0.1, 0.15) is 24.2 Å². The van der Waals surface area contributed by atoms with E-state index in [9.17, 15) is 5.11 Å². The quantitative estimate of drug-likeness (QED) is 0.739. The minimum atomic E-state index is -0.591. The second-order valence-electron chi connectivity index (χ2n) is 4.24. The van der Waals surface area contributed by atoms with Gasteiger partial charge in [0.25, 0.3) is 0 Å². The van der Waals surface area contributed by atoms with Crippen molar-refractivity contribution in [1.29, 1.82) is 0 Å². The smallest absolute Gasteiger partial charge is 0.0727 e. The summed E-state index contributed by atoms with van der Waals surface area (Å²) in [6.07, 6.45) is 5.58. The number of piperidine rings is 1. The van der Waals surface area contributed by atoms with E-state index in [-0.39, 0.29) is 0 Å². The lowest BCUT2D eigenvalue weighted by Crippen LogP contribution is -2.43. The van der Waals surface area contributed by atoms with Crippen LogP contribution in [0, 0.1) is 6.92 Å². The van der Waals surface area contributed by atoms with Crippen molar-refractivity contribution in [2.45, 2.75) is 31.8 Å². The van der Waals surface area contributed by atoms with E-state index in [4.69, 9.17) is 0 Å². The molecular formula is C11H17N3O. The first kappa shape index (κ1) is 10.5. The Morgan fingerprint density at radius 3 is 2.67 bits per heavy atom. The van der Waals surface area contributed by atoms with E-state index in [1.165, 1.54) is 0 Å². The highest BCUT2D eigenvalue weighted by Gasteiger charge is 2.30. The van der Waals surface area contributed by atoms with Crippen LogP contribution in [0.5, 0.6) is 0 Å². The summed E-state index contributed by atoms with van der Waals surface area (Å²) in [7, 11) is 0. The molecule has 0 atom stereocenters. The Morgan fingerprint density at radius 2 is 2.00 bits per heavy atom. The Balaban J connectivity index is 2.10. The van der Waals surface area contributed by atoms with Crippen molar-refractivity contribution in [3.05, 3.63) is 23.8 Å². The van der Waals surface area contributed by atoms with Crippen molar-refractivity contribution >= 4 is 0 Å². The van der Waals surface area contributed by atoms with Crippen molar-refractivity contribution in [3.8, 4) is 0 Å². The summed E-state index contributed by atoms with van der Waals surface area (Å²) in [4.78, 5) is 8.46. The maximum atomic E-state index is 10.3. The summed E-state index contributed by atoms with van der Waals surface area (Å²) >= 11 is 0. The van der Waals surface area contributed by atoms with Gasteiger partial charge in [0, 0.05) is 18.8 Å². The van der Waals surface area contributed by atoms with Crippen molar-refractivity contribution in [2.24, 2.45) is 0 Å². The summed E-state index contributed by atoms with van der Waals surface area (Å²) in [6, 6.07) is 0. The third kappa shape index (κ3) is 2.52. The molecule has 4 nitrogen and oxygen atoms in total. The Kier molecular flexibility index (Phi) is 2.98. The minimum Gasteiger partial charge on any atom is -0.389 e. The molecule has 0 amide bonds. The maximum Gasteiger partial charge on any atom is 0.0727 e. The second-order valence-corrected chi connectivity index (χ2v) is 4.24. The first-order valence-electron chi connectivity index (χ1n) is 5.39. The molecule has 0 radical (unpaired) electrons. The summed E-state index contributed by atoms with van der Waals surface area (Å²) in [6.45, 7) is 3.71. The molecule has 2 rings (SSSR count). The molecule has 15 heavy (non-hydrogen) atoms. The Bertz CT molecular complexity index is 334. The Hall–Kier alpha value is -1.00. The zero-order chi connectivity index (χ0) is 10.7. The van der Waals surface area contributed by atoms with Crippen LogP contribution < -0.4 is 5.32 Å². The van der Waals surface area contributed by atoms with Crippen LogP contribution in [0.4, 0.5) is 0 Å². The van der Waals surface area contributed by atoms with Crippen molar-refractivity contribution in [2.75, 3.05) is 13.1 Å². The standard InChI is InChI=1S/C11H17N3O/c1-9-10(14-7-6-13-9)8-11(15)2-4-12-5-3-11/h6-7,12,15H,2-5,8H2,1H3. The van der Waals surface area contributed by atoms with Gasteiger partial charge in [0.2, 0.25) is 0 Å². The lowest BCUT2D eigenvalue weighted by Gasteiger charge is -2.32. The molecule has 4 heteroatoms. The zero-order valence-electron chi connectivity index (χ0n) is 9.03. The van der Waals surface area contributed by atoms with Crippen LogP contribution in [0.25, 0.3) is 0 Å². The molecular weight excluding hydrogens is 190 g/mol. The van der Waals surface area contributed by atoms with E-state index in [1.807, 2.05) is 6.92 Å². The molecule has 1 saturated heterocycles. The third-order valence-electron chi connectivity index (χ3n) is 3.01. The van der Waals surface area contributed by atoms with Gasteiger partial charge in [0.1, 0.15) is 0 Å².